The Labute approximate surface area is 234 Å². The van der Waals surface area contributed by atoms with Gasteiger partial charge in [-0.3, -0.25) is 19.7 Å². The van der Waals surface area contributed by atoms with Crippen molar-refractivity contribution in [3.63, 3.8) is 0 Å². The quantitative estimate of drug-likeness (QED) is 0.114. The molecule has 41 heavy (non-hydrogen) atoms. The number of carbonyl (C=O) groups excluding carboxylic acids is 2. The number of hydrogen-bond acceptors (Lipinski definition) is 8. The fourth-order valence-corrected chi connectivity index (χ4v) is 4.31. The van der Waals surface area contributed by atoms with Crippen molar-refractivity contribution in [1.82, 2.24) is 15.4 Å². The fraction of sp³-hybridized carbons (Fsp3) is 0.0741. The van der Waals surface area contributed by atoms with Gasteiger partial charge in [-0.2, -0.15) is 18.3 Å². The summed E-state index contributed by atoms with van der Waals surface area (Å²) in [7, 11) is 0. The molecule has 1 heterocycles. The molecule has 0 aliphatic heterocycles. The van der Waals surface area contributed by atoms with Crippen molar-refractivity contribution < 1.29 is 27.7 Å². The number of nitrogens with zero attached hydrogens (tertiary/aromatic N) is 4. The molecule has 0 radical (unpaired) electrons. The van der Waals surface area contributed by atoms with Crippen LogP contribution in [0.3, 0.4) is 0 Å². The van der Waals surface area contributed by atoms with Gasteiger partial charge >= 0.3 is 6.18 Å². The summed E-state index contributed by atoms with van der Waals surface area (Å²) in [6, 6.07) is 19.0. The van der Waals surface area contributed by atoms with Crippen molar-refractivity contribution in [2.45, 2.75) is 23.2 Å². The van der Waals surface area contributed by atoms with E-state index in [-0.39, 0.29) is 32.8 Å². The van der Waals surface area contributed by atoms with E-state index in [1.54, 1.807) is 30.3 Å². The van der Waals surface area contributed by atoms with E-state index in [4.69, 9.17) is 0 Å². The lowest BCUT2D eigenvalue weighted by molar-refractivity contribution is -0.387. The van der Waals surface area contributed by atoms with Gasteiger partial charge < -0.3 is 5.32 Å². The standard InChI is InChI=1S/C27H19F3N6O4S/c1-16(37)32-20-10-8-19(9-11-20)25(38)35-31-15-17-7-12-23(22(13-17)36(39)40)41-26-33-21(18-5-3-2-4-6-18)14-24(34-26)27(28,29)30/h2-15H,1H3,(H,32,37)(H,35,38)/b31-15+. The number of carbonyl (C=O) groups is 2. The highest BCUT2D eigenvalue weighted by Crippen LogP contribution is 2.37. The molecular weight excluding hydrogens is 561 g/mol. The Morgan fingerprint density at radius 2 is 1.71 bits per heavy atom. The van der Waals surface area contributed by atoms with Gasteiger partial charge in [0.2, 0.25) is 5.91 Å². The van der Waals surface area contributed by atoms with Crippen LogP contribution in [0.15, 0.2) is 94.0 Å². The average molecular weight is 581 g/mol. The third kappa shape index (κ3) is 7.73. The Hall–Kier alpha value is -5.11. The molecule has 208 valence electrons. The number of halogens is 3. The van der Waals surface area contributed by atoms with Gasteiger partial charge in [0, 0.05) is 35.4 Å². The van der Waals surface area contributed by atoms with E-state index in [2.05, 4.69) is 25.8 Å². The van der Waals surface area contributed by atoms with E-state index in [0.717, 1.165) is 12.1 Å². The van der Waals surface area contributed by atoms with Gasteiger partial charge in [0.05, 0.1) is 21.7 Å². The zero-order chi connectivity index (χ0) is 29.6. The van der Waals surface area contributed by atoms with Crippen LogP contribution >= 0.6 is 11.8 Å². The first-order valence-electron chi connectivity index (χ1n) is 11.7. The molecule has 4 aromatic rings. The van der Waals surface area contributed by atoms with Crippen LogP contribution in [0.2, 0.25) is 0 Å². The summed E-state index contributed by atoms with van der Waals surface area (Å²) < 4.78 is 40.6. The number of hydrogen-bond donors (Lipinski definition) is 2. The lowest BCUT2D eigenvalue weighted by Gasteiger charge is -2.11. The number of rotatable bonds is 8. The van der Waals surface area contributed by atoms with Crippen molar-refractivity contribution >= 4 is 41.2 Å². The normalized spacial score (nSPS) is 11.3. The van der Waals surface area contributed by atoms with Crippen molar-refractivity contribution in [3.8, 4) is 11.3 Å². The summed E-state index contributed by atoms with van der Waals surface area (Å²) in [5, 5.41) is 17.8. The maximum absolute atomic E-state index is 13.5. The molecule has 0 unspecified atom stereocenters. The van der Waals surface area contributed by atoms with Gasteiger partial charge in [0.1, 0.15) is 5.69 Å². The second-order valence-electron chi connectivity index (χ2n) is 8.33. The van der Waals surface area contributed by atoms with E-state index in [1.807, 2.05) is 0 Å². The van der Waals surface area contributed by atoms with Gasteiger partial charge in [-0.15, -0.1) is 0 Å². The Morgan fingerprint density at radius 1 is 1.00 bits per heavy atom. The number of nitrogens with one attached hydrogen (secondary N) is 2. The summed E-state index contributed by atoms with van der Waals surface area (Å²) in [5.41, 5.74) is 2.15. The van der Waals surface area contributed by atoms with Crippen LogP contribution in [0.4, 0.5) is 24.5 Å². The lowest BCUT2D eigenvalue weighted by Crippen LogP contribution is -2.17. The zero-order valence-electron chi connectivity index (χ0n) is 21.0. The number of anilines is 1. The van der Waals surface area contributed by atoms with Crippen LogP contribution in [-0.2, 0) is 11.0 Å². The number of nitro benzene ring substituents is 1. The number of alkyl halides is 3. The molecule has 0 bridgehead atoms. The molecule has 0 spiro atoms. The highest BCUT2D eigenvalue weighted by molar-refractivity contribution is 7.99. The largest absolute Gasteiger partial charge is 0.433 e. The molecule has 2 N–H and O–H groups in total. The van der Waals surface area contributed by atoms with Crippen LogP contribution in [0.5, 0.6) is 0 Å². The van der Waals surface area contributed by atoms with Gasteiger partial charge in [0.15, 0.2) is 5.16 Å². The first-order chi connectivity index (χ1) is 19.5. The third-order valence-electron chi connectivity index (χ3n) is 5.29. The smallest absolute Gasteiger partial charge is 0.326 e. The molecule has 0 saturated heterocycles. The van der Waals surface area contributed by atoms with Crippen molar-refractivity contribution in [3.05, 3.63) is 106 Å². The number of nitro groups is 1. The molecule has 3 aromatic carbocycles. The highest BCUT2D eigenvalue weighted by Gasteiger charge is 2.34. The summed E-state index contributed by atoms with van der Waals surface area (Å²) in [6.07, 6.45) is -3.58. The molecule has 0 fully saturated rings. The molecule has 0 saturated carbocycles. The van der Waals surface area contributed by atoms with Gasteiger partial charge in [-0.25, -0.2) is 15.4 Å². The SMILES string of the molecule is CC(=O)Nc1ccc(C(=O)N/N=C/c2ccc(Sc3nc(-c4ccccc4)cc(C(F)(F)F)n3)c([N+](=O)[O-])c2)cc1. The van der Waals surface area contributed by atoms with E-state index in [9.17, 15) is 32.9 Å². The molecule has 10 nitrogen and oxygen atoms in total. The molecule has 0 aliphatic rings. The molecule has 2 amide bonds. The number of amides is 2. The van der Waals surface area contributed by atoms with E-state index >= 15 is 0 Å². The van der Waals surface area contributed by atoms with Crippen molar-refractivity contribution in [1.29, 1.82) is 0 Å². The topological polar surface area (TPSA) is 139 Å². The summed E-state index contributed by atoms with van der Waals surface area (Å²) >= 11 is 0.617. The maximum Gasteiger partial charge on any atom is 0.433 e. The predicted molar refractivity (Wildman–Crippen MR) is 145 cm³/mol. The summed E-state index contributed by atoms with van der Waals surface area (Å²) in [4.78, 5) is 42.3. The Balaban J connectivity index is 1.54. The minimum atomic E-state index is -4.76. The van der Waals surface area contributed by atoms with E-state index < -0.39 is 28.4 Å². The van der Waals surface area contributed by atoms with E-state index in [0.29, 0.717) is 23.0 Å². The Kier molecular flexibility index (Phi) is 8.72. The molecule has 0 atom stereocenters. The molecule has 0 aliphatic carbocycles. The Bertz CT molecular complexity index is 1630. The monoisotopic (exact) mass is 580 g/mol. The molecule has 1 aromatic heterocycles. The predicted octanol–water partition coefficient (Wildman–Crippen LogP) is 5.94. The van der Waals surface area contributed by atoms with Gasteiger partial charge in [0.25, 0.3) is 11.6 Å². The van der Waals surface area contributed by atoms with Crippen LogP contribution in [0.1, 0.15) is 28.5 Å². The average Bonchev–Trinajstić information content (AvgIpc) is 2.93. The summed E-state index contributed by atoms with van der Waals surface area (Å²) in [6.45, 7) is 1.35. The Morgan fingerprint density at radius 3 is 2.34 bits per heavy atom. The number of benzene rings is 3. The third-order valence-corrected chi connectivity index (χ3v) is 6.22. The fourth-order valence-electron chi connectivity index (χ4n) is 3.45. The number of hydrazone groups is 1. The van der Waals surface area contributed by atoms with Crippen LogP contribution in [0, 0.1) is 10.1 Å². The second kappa shape index (κ2) is 12.4. The van der Waals surface area contributed by atoms with Crippen LogP contribution in [-0.4, -0.2) is 32.9 Å². The molecule has 14 heteroatoms. The van der Waals surface area contributed by atoms with Gasteiger partial charge in [-0.05, 0) is 48.2 Å². The minimum Gasteiger partial charge on any atom is -0.326 e. The van der Waals surface area contributed by atoms with Gasteiger partial charge in [-0.1, -0.05) is 36.4 Å². The summed E-state index contributed by atoms with van der Waals surface area (Å²) in [5.74, 6) is -0.821. The maximum atomic E-state index is 13.5. The van der Waals surface area contributed by atoms with Crippen LogP contribution < -0.4 is 10.7 Å². The number of aromatic nitrogens is 2. The first kappa shape index (κ1) is 28.9. The minimum absolute atomic E-state index is 0.00813. The molecule has 4 rings (SSSR count). The van der Waals surface area contributed by atoms with Crippen LogP contribution in [0.25, 0.3) is 11.3 Å². The van der Waals surface area contributed by atoms with Crippen molar-refractivity contribution in [2.24, 2.45) is 5.10 Å². The van der Waals surface area contributed by atoms with E-state index in [1.165, 1.54) is 49.5 Å². The first-order valence-corrected chi connectivity index (χ1v) is 12.5. The molecular formula is C27H19F3N6O4S. The zero-order valence-corrected chi connectivity index (χ0v) is 21.9. The highest BCUT2D eigenvalue weighted by atomic mass is 32.2. The van der Waals surface area contributed by atoms with Crippen molar-refractivity contribution in [2.75, 3.05) is 5.32 Å². The second-order valence-corrected chi connectivity index (χ2v) is 9.34. The lowest BCUT2D eigenvalue weighted by atomic mass is 10.1.